The minimum absolute atomic E-state index is 0.00455. The first-order valence-electron chi connectivity index (χ1n) is 15.1. The van der Waals surface area contributed by atoms with Crippen LogP contribution in [0.25, 0.3) is 32.5 Å². The number of anilines is 1. The molecule has 1 saturated heterocycles. The lowest BCUT2D eigenvalue weighted by Gasteiger charge is -2.30. The number of halogens is 1. The third-order valence-electron chi connectivity index (χ3n) is 8.38. The number of ether oxygens (including phenoxy) is 2. The maximum atomic E-state index is 14.2. The van der Waals surface area contributed by atoms with Gasteiger partial charge in [-0.25, -0.2) is 14.5 Å². The molecule has 0 unspecified atom stereocenters. The Kier molecular flexibility index (Phi) is 8.04. The van der Waals surface area contributed by atoms with E-state index in [1.54, 1.807) is 21.8 Å². The number of piperidine rings is 1. The molecule has 2 bridgehead atoms. The van der Waals surface area contributed by atoms with E-state index in [1.807, 2.05) is 32.9 Å². The van der Waals surface area contributed by atoms with Gasteiger partial charge in [-0.1, -0.05) is 31.2 Å². The zero-order chi connectivity index (χ0) is 31.6. The topological polar surface area (TPSA) is 116 Å². The average molecular weight is 658 g/mol. The third kappa shape index (κ3) is 5.86. The largest absolute Gasteiger partial charge is 0.444 e. The Morgan fingerprint density at radius 2 is 2.00 bits per heavy atom. The van der Waals surface area contributed by atoms with Crippen LogP contribution in [0.3, 0.4) is 0 Å². The highest BCUT2D eigenvalue weighted by molar-refractivity contribution is 7.17. The van der Waals surface area contributed by atoms with Gasteiger partial charge < -0.3 is 19.7 Å². The summed E-state index contributed by atoms with van der Waals surface area (Å²) in [7, 11) is 0.444. The van der Waals surface area contributed by atoms with Crippen molar-refractivity contribution in [2.45, 2.75) is 83.7 Å². The summed E-state index contributed by atoms with van der Waals surface area (Å²) in [5, 5.41) is 8.89. The van der Waals surface area contributed by atoms with Gasteiger partial charge in [0, 0.05) is 33.8 Å². The van der Waals surface area contributed by atoms with Crippen molar-refractivity contribution in [2.75, 3.05) is 18.1 Å². The van der Waals surface area contributed by atoms with Crippen LogP contribution < -0.4 is 15.8 Å². The van der Waals surface area contributed by atoms with Gasteiger partial charge in [0.25, 0.3) is 5.56 Å². The summed E-state index contributed by atoms with van der Waals surface area (Å²) >= 11 is 8.34. The first-order valence-corrected chi connectivity index (χ1v) is 20.0. The third-order valence-corrected chi connectivity index (χ3v) is 11.4. The summed E-state index contributed by atoms with van der Waals surface area (Å²) in [5.41, 5.74) is 3.33. The monoisotopic (exact) mass is 657 g/mol. The van der Waals surface area contributed by atoms with Gasteiger partial charge in [0.15, 0.2) is 5.65 Å². The minimum atomic E-state index is -1.30. The maximum absolute atomic E-state index is 14.2. The normalized spacial score (nSPS) is 20.3. The lowest BCUT2D eigenvalue weighted by Crippen LogP contribution is -2.46. The summed E-state index contributed by atoms with van der Waals surface area (Å²) in [4.78, 5) is 38.5. The van der Waals surface area contributed by atoms with Gasteiger partial charge in [0.1, 0.15) is 23.4 Å². The highest BCUT2D eigenvalue weighted by Crippen LogP contribution is 2.41. The lowest BCUT2D eigenvalue weighted by molar-refractivity contribution is 0.0497. The number of nitrogens with zero attached hydrogens (tertiary/aromatic N) is 6. The van der Waals surface area contributed by atoms with Gasteiger partial charge in [-0.15, -0.1) is 11.3 Å². The SMILES string of the molecule is Cn1c(N2C[C@@H]3CC[C@H]2[C@H]3NC(=O)OC(C)(C)C)nc2c(c(-c3ccc4ncsc4c3Cl)nn2COCC[Si](C)(C)C)c1=O. The first-order chi connectivity index (χ1) is 20.7. The van der Waals surface area contributed by atoms with Crippen molar-refractivity contribution < 1.29 is 14.3 Å². The Labute approximate surface area is 266 Å². The van der Waals surface area contributed by atoms with Crippen molar-refractivity contribution in [3.63, 3.8) is 0 Å². The number of rotatable bonds is 8. The fourth-order valence-corrected chi connectivity index (χ4v) is 8.09. The van der Waals surface area contributed by atoms with Crippen molar-refractivity contribution in [1.29, 1.82) is 0 Å². The molecule has 1 aliphatic heterocycles. The summed E-state index contributed by atoms with van der Waals surface area (Å²) in [6.07, 6.45) is 1.45. The van der Waals surface area contributed by atoms with Crippen LogP contribution in [-0.2, 0) is 23.3 Å². The van der Waals surface area contributed by atoms with Crippen LogP contribution in [0.5, 0.6) is 0 Å². The van der Waals surface area contributed by atoms with Crippen molar-refractivity contribution in [1.82, 2.24) is 29.6 Å². The predicted molar refractivity (Wildman–Crippen MR) is 178 cm³/mol. The Bertz CT molecular complexity index is 1790. The van der Waals surface area contributed by atoms with Gasteiger partial charge in [-0.3, -0.25) is 9.36 Å². The molecule has 3 atom stereocenters. The number of aromatic nitrogens is 5. The Morgan fingerprint density at radius 1 is 1.23 bits per heavy atom. The molecule has 0 radical (unpaired) electrons. The number of hydrogen-bond donors (Lipinski definition) is 1. The number of hydrogen-bond acceptors (Lipinski definition) is 9. The van der Waals surface area contributed by atoms with Crippen LogP contribution in [0, 0.1) is 5.92 Å². The summed E-state index contributed by atoms with van der Waals surface area (Å²) in [6, 6.07) is 4.68. The molecule has 4 heterocycles. The average Bonchev–Trinajstić information content (AvgIpc) is 3.70. The predicted octanol–water partition coefficient (Wildman–Crippen LogP) is 5.86. The molecule has 11 nitrogen and oxygen atoms in total. The van der Waals surface area contributed by atoms with Crippen LogP contribution in [0.4, 0.5) is 10.7 Å². The van der Waals surface area contributed by atoms with Gasteiger partial charge in [0.2, 0.25) is 5.95 Å². The van der Waals surface area contributed by atoms with E-state index in [0.29, 0.717) is 46.4 Å². The van der Waals surface area contributed by atoms with Crippen molar-refractivity contribution in [2.24, 2.45) is 13.0 Å². The number of alkyl carbamates (subject to hydrolysis) is 1. The molecule has 3 aromatic heterocycles. The fraction of sp³-hybridized carbons (Fsp3) is 0.567. The molecule has 1 aliphatic carbocycles. The van der Waals surface area contributed by atoms with Crippen LogP contribution in [-0.4, -0.2) is 69.3 Å². The first kappa shape index (κ1) is 31.0. The number of benzene rings is 1. The fourth-order valence-electron chi connectivity index (χ4n) is 6.22. The molecule has 1 amide bonds. The Hall–Kier alpha value is -3.00. The van der Waals surface area contributed by atoms with E-state index in [1.165, 1.54) is 11.3 Å². The quantitative estimate of drug-likeness (QED) is 0.185. The number of thiazole rings is 1. The molecular weight excluding hydrogens is 618 g/mol. The van der Waals surface area contributed by atoms with E-state index < -0.39 is 19.8 Å². The number of fused-ring (bicyclic) bond motifs is 4. The van der Waals surface area contributed by atoms with E-state index in [-0.39, 0.29) is 30.3 Å². The molecule has 44 heavy (non-hydrogen) atoms. The zero-order valence-electron chi connectivity index (χ0n) is 26.3. The molecule has 6 rings (SSSR count). The van der Waals surface area contributed by atoms with Gasteiger partial charge in [0.05, 0.1) is 32.8 Å². The summed E-state index contributed by atoms with van der Waals surface area (Å²) in [5.74, 6) is 0.778. The number of amides is 1. The molecular formula is C30H40ClN7O4SSi. The molecule has 2 fully saturated rings. The van der Waals surface area contributed by atoms with Crippen LogP contribution in [0.15, 0.2) is 22.4 Å². The zero-order valence-corrected chi connectivity index (χ0v) is 28.9. The molecule has 14 heteroatoms. The van der Waals surface area contributed by atoms with E-state index in [0.717, 1.165) is 29.1 Å². The van der Waals surface area contributed by atoms with E-state index in [9.17, 15) is 9.59 Å². The second-order valence-corrected chi connectivity index (χ2v) is 20.9. The minimum Gasteiger partial charge on any atom is -0.444 e. The van der Waals surface area contributed by atoms with Crippen LogP contribution >= 0.6 is 22.9 Å². The summed E-state index contributed by atoms with van der Waals surface area (Å²) in [6.45, 7) is 13.9. The van der Waals surface area contributed by atoms with Gasteiger partial charge >= 0.3 is 6.09 Å². The highest BCUT2D eigenvalue weighted by Gasteiger charge is 2.49. The molecule has 1 N–H and O–H groups in total. The van der Waals surface area contributed by atoms with Crippen molar-refractivity contribution >= 4 is 64.3 Å². The maximum Gasteiger partial charge on any atom is 0.407 e. The standard InChI is InChI=1S/C30H40ClN7O4SSi/c1-30(2,3)42-29(40)33-23-17-8-11-20(23)37(14-17)28-34-26-21(27(39)36(28)4)24(35-38(26)16-41-12-13-44(5,6)7)18-9-10-19-25(22(18)31)43-15-32-19/h9-10,15,17,20,23H,8,11-14,16H2,1-7H3,(H,33,40)/t17-,20-,23-/m0/s1. The van der Waals surface area contributed by atoms with Gasteiger partial charge in [-0.2, -0.15) is 10.1 Å². The van der Waals surface area contributed by atoms with Crippen LogP contribution in [0.2, 0.25) is 30.7 Å². The second-order valence-electron chi connectivity index (χ2n) is 14.0. The Balaban J connectivity index is 1.40. The van der Waals surface area contributed by atoms with Crippen molar-refractivity contribution in [3.05, 3.63) is 33.0 Å². The lowest BCUT2D eigenvalue weighted by atomic mass is 10.1. The molecule has 1 aromatic carbocycles. The smallest absolute Gasteiger partial charge is 0.407 e. The molecule has 4 aromatic rings. The van der Waals surface area contributed by atoms with E-state index in [4.69, 9.17) is 31.2 Å². The molecule has 1 saturated carbocycles. The molecule has 2 aliphatic rings. The number of nitrogens with one attached hydrogen (secondary N) is 1. The number of carbonyl (C=O) groups excluding carboxylic acids is 1. The molecule has 0 spiro atoms. The van der Waals surface area contributed by atoms with Crippen LogP contribution in [0.1, 0.15) is 33.6 Å². The Morgan fingerprint density at radius 3 is 2.73 bits per heavy atom. The number of carbonyl (C=O) groups is 1. The van der Waals surface area contributed by atoms with E-state index >= 15 is 0 Å². The molecule has 236 valence electrons. The van der Waals surface area contributed by atoms with Gasteiger partial charge in [-0.05, 0) is 57.7 Å². The summed E-state index contributed by atoms with van der Waals surface area (Å²) < 4.78 is 15.8. The van der Waals surface area contributed by atoms with Crippen molar-refractivity contribution in [3.8, 4) is 11.3 Å². The highest BCUT2D eigenvalue weighted by atomic mass is 35.5. The van der Waals surface area contributed by atoms with E-state index in [2.05, 4.69) is 34.8 Å². The second kappa shape index (κ2) is 11.4.